The van der Waals surface area contributed by atoms with E-state index in [9.17, 15) is 9.59 Å². The Morgan fingerprint density at radius 2 is 1.86 bits per heavy atom. The molecule has 6 rings (SSSR count). The molecular weight excluding hydrogens is 692 g/mol. The first-order valence-electron chi connectivity index (χ1n) is 13.6. The average molecular weight is 722 g/mol. The fraction of sp³-hybridized carbons (Fsp3) is 0.167. The van der Waals surface area contributed by atoms with Crippen molar-refractivity contribution in [3.63, 3.8) is 0 Å². The van der Waals surface area contributed by atoms with Crippen LogP contribution in [0.1, 0.15) is 35.2 Å². The van der Waals surface area contributed by atoms with Crippen molar-refractivity contribution in [3.8, 4) is 5.69 Å². The lowest BCUT2D eigenvalue weighted by Gasteiger charge is -2.15. The van der Waals surface area contributed by atoms with Crippen LogP contribution in [0.25, 0.3) is 27.8 Å². The van der Waals surface area contributed by atoms with E-state index in [1.807, 2.05) is 52.9 Å². The minimum absolute atomic E-state index is 0.109. The zero-order valence-corrected chi connectivity index (χ0v) is 27.1. The third-order valence-corrected chi connectivity index (χ3v) is 8.68. The highest BCUT2D eigenvalue weighted by molar-refractivity contribution is 14.2. The highest BCUT2D eigenvalue weighted by Crippen LogP contribution is 2.28. The molecule has 2 aromatic carbocycles. The van der Waals surface area contributed by atoms with Gasteiger partial charge in [-0.1, -0.05) is 31.2 Å². The Bertz CT molecular complexity index is 1970. The van der Waals surface area contributed by atoms with Gasteiger partial charge in [0.2, 0.25) is 0 Å². The number of carbonyl (C=O) groups excluding carboxylic acids is 1. The van der Waals surface area contributed by atoms with Crippen molar-refractivity contribution in [2.24, 2.45) is 0 Å². The van der Waals surface area contributed by atoms with Crippen LogP contribution in [0.5, 0.6) is 0 Å². The molecule has 12 nitrogen and oxygen atoms in total. The third kappa shape index (κ3) is 6.68. The highest BCUT2D eigenvalue weighted by Gasteiger charge is 2.15. The smallest absolute Gasteiger partial charge is 0.339 e. The number of carbonyl (C=O) groups is 1. The molecule has 0 radical (unpaired) electrons. The van der Waals surface area contributed by atoms with Gasteiger partial charge in [-0.2, -0.15) is 0 Å². The summed E-state index contributed by atoms with van der Waals surface area (Å²) in [5, 5.41) is 3.84. The van der Waals surface area contributed by atoms with Crippen LogP contribution in [0.2, 0.25) is 0 Å². The summed E-state index contributed by atoms with van der Waals surface area (Å²) in [5.41, 5.74) is 10.2. The summed E-state index contributed by atoms with van der Waals surface area (Å²) in [5.74, 6) is 0.753. The number of nitrogen functional groups attached to an aromatic ring is 1. The minimum atomic E-state index is -0.429. The van der Waals surface area contributed by atoms with Gasteiger partial charge in [0.25, 0.3) is 5.56 Å². The van der Waals surface area contributed by atoms with Gasteiger partial charge in [0.15, 0.2) is 17.0 Å². The number of anilines is 2. The number of pyridine rings is 1. The number of imidazole rings is 1. The number of nitrogens with zero attached hydrogens (tertiary/aromatic N) is 7. The van der Waals surface area contributed by atoms with E-state index in [4.69, 9.17) is 15.5 Å². The molecule has 0 aliphatic carbocycles. The van der Waals surface area contributed by atoms with Gasteiger partial charge in [-0.3, -0.25) is 18.7 Å². The van der Waals surface area contributed by atoms with E-state index in [1.54, 1.807) is 23.0 Å². The van der Waals surface area contributed by atoms with Gasteiger partial charge in [-0.25, -0.2) is 24.7 Å². The molecule has 0 spiro atoms. The number of nitrogens with one attached hydrogen (secondary N) is 1. The van der Waals surface area contributed by atoms with Crippen LogP contribution in [-0.2, 0) is 17.7 Å². The quantitative estimate of drug-likeness (QED) is 0.120. The van der Waals surface area contributed by atoms with Gasteiger partial charge in [0.05, 0.1) is 47.9 Å². The van der Waals surface area contributed by atoms with Crippen LogP contribution < -0.4 is 16.6 Å². The Hall–Kier alpha value is -4.49. The van der Waals surface area contributed by atoms with E-state index in [1.165, 1.54) is 19.6 Å². The molecule has 1 atom stereocenters. The molecule has 0 aliphatic heterocycles. The number of halogens is 1. The van der Waals surface area contributed by atoms with E-state index in [2.05, 4.69) is 54.2 Å². The lowest BCUT2D eigenvalue weighted by Crippen LogP contribution is -2.24. The second-order valence-corrected chi connectivity index (χ2v) is 11.6. The molecule has 0 aliphatic rings. The summed E-state index contributed by atoms with van der Waals surface area (Å²) in [7, 11) is 1.33. The van der Waals surface area contributed by atoms with Crippen LogP contribution in [0.4, 0.5) is 11.5 Å². The molecule has 3 N–H and O–H groups in total. The normalized spacial score (nSPS) is 11.1. The second-order valence-electron chi connectivity index (χ2n) is 9.47. The summed E-state index contributed by atoms with van der Waals surface area (Å²) in [4.78, 5) is 46.4. The Morgan fingerprint density at radius 3 is 2.57 bits per heavy atom. The molecule has 4 aromatic heterocycles. The van der Waals surface area contributed by atoms with Crippen LogP contribution in [0, 0.1) is 0 Å². The van der Waals surface area contributed by atoms with Crippen LogP contribution in [0.3, 0.4) is 0 Å². The molecule has 14 heteroatoms. The van der Waals surface area contributed by atoms with E-state index < -0.39 is 5.97 Å². The maximum absolute atomic E-state index is 13.6. The molecule has 1 unspecified atom stereocenters. The van der Waals surface area contributed by atoms with Crippen molar-refractivity contribution < 1.29 is 9.53 Å². The lowest BCUT2D eigenvalue weighted by atomic mass is 10.1. The van der Waals surface area contributed by atoms with Crippen molar-refractivity contribution in [3.05, 3.63) is 107 Å². The predicted octanol–water partition coefficient (Wildman–Crippen LogP) is 5.33. The number of nitrogens with two attached hydrogens (primary N) is 1. The molecule has 224 valence electrons. The van der Waals surface area contributed by atoms with Crippen molar-refractivity contribution in [2.45, 2.75) is 26.3 Å². The molecule has 0 amide bonds. The first kappa shape index (κ1) is 31.0. The molecule has 6 aromatic rings. The summed E-state index contributed by atoms with van der Waals surface area (Å²) < 4.78 is 8.34. The fourth-order valence-corrected chi connectivity index (χ4v) is 5.93. The van der Waals surface area contributed by atoms with Gasteiger partial charge in [-0.05, 0) is 64.9 Å². The van der Waals surface area contributed by atoms with E-state index >= 15 is 0 Å². The van der Waals surface area contributed by atoms with E-state index in [0.29, 0.717) is 52.8 Å². The second kappa shape index (κ2) is 14.3. The topological polar surface area (TPSA) is 156 Å². The van der Waals surface area contributed by atoms with Gasteiger partial charge in [0, 0.05) is 18.3 Å². The molecular formula is C30H29IN9O3P. The van der Waals surface area contributed by atoms with Crippen LogP contribution in [0.15, 0.2) is 84.3 Å². The number of benzene rings is 2. The van der Waals surface area contributed by atoms with Crippen LogP contribution in [-0.4, -0.2) is 46.9 Å². The van der Waals surface area contributed by atoms with Crippen molar-refractivity contribution in [1.29, 1.82) is 0 Å². The number of rotatable bonds is 8. The number of hydrogen-bond acceptors (Lipinski definition) is 10. The summed E-state index contributed by atoms with van der Waals surface area (Å²) in [6.45, 7) is 2.46. The number of esters is 1. The zero-order valence-electron chi connectivity index (χ0n) is 23.9. The Morgan fingerprint density at radius 1 is 1.05 bits per heavy atom. The van der Waals surface area contributed by atoms with E-state index in [-0.39, 0.29) is 5.56 Å². The number of methoxy groups -OCH3 is 1. The van der Waals surface area contributed by atoms with E-state index in [0.717, 1.165) is 29.3 Å². The number of hydrogen-bond donors (Lipinski definition) is 2. The fourth-order valence-electron chi connectivity index (χ4n) is 4.53. The largest absolute Gasteiger partial charge is 0.465 e. The van der Waals surface area contributed by atoms with Crippen LogP contribution >= 0.6 is 28.4 Å². The molecule has 4 heterocycles. The molecule has 0 fully saturated rings. The third-order valence-electron chi connectivity index (χ3n) is 6.61. The number of aryl methyl sites for hydroxylation is 1. The zero-order chi connectivity index (χ0) is 31.1. The molecule has 44 heavy (non-hydrogen) atoms. The number of aromatic nitrogens is 7. The molecule has 0 saturated heterocycles. The number of para-hydroxylation sites is 1. The SMILES string of the molecule is CCCc1nc2cccc(NCc3ccc(C(=O)OC)cn3)c2c(=O)n1-c1ccccc1.Nc1ncnc2c1ncn2PI. The number of fused-ring (bicyclic) bond motifs is 2. The van der Waals surface area contributed by atoms with Crippen molar-refractivity contribution in [2.75, 3.05) is 18.2 Å². The minimum Gasteiger partial charge on any atom is -0.465 e. The molecule has 0 bridgehead atoms. The van der Waals surface area contributed by atoms with Gasteiger partial charge < -0.3 is 15.8 Å². The standard InChI is InChI=1S/C25H24N4O3.C5H5IN5P/c1-3-8-22-28-21-12-7-11-20(23(21)24(30)29(22)19-9-5-4-6-10-19)27-16-18-14-13-17(15-26-18)25(31)32-2;6-12-11-2-10-3-4(7)8-1-9-5(3)11/h4-7,9-15,27H,3,8,16H2,1-2H3;1-2,12H,(H2,7,8,9). The first-order chi connectivity index (χ1) is 21.4. The summed E-state index contributed by atoms with van der Waals surface area (Å²) in [6, 6.07) is 18.6. The predicted molar refractivity (Wildman–Crippen MR) is 182 cm³/mol. The first-order valence-corrected chi connectivity index (χ1v) is 17.7. The Kier molecular flexibility index (Phi) is 10.1. The Labute approximate surface area is 267 Å². The maximum Gasteiger partial charge on any atom is 0.339 e. The lowest BCUT2D eigenvalue weighted by molar-refractivity contribution is 0.0600. The van der Waals surface area contributed by atoms with Crippen molar-refractivity contribution in [1.82, 2.24) is 33.8 Å². The Balaban J connectivity index is 0.000000266. The average Bonchev–Trinajstić information content (AvgIpc) is 3.49. The highest BCUT2D eigenvalue weighted by atomic mass is 127. The maximum atomic E-state index is 13.6. The summed E-state index contributed by atoms with van der Waals surface area (Å²) in [6.07, 6.45) is 6.82. The monoisotopic (exact) mass is 721 g/mol. The summed E-state index contributed by atoms with van der Waals surface area (Å²) >= 11 is 2.26. The van der Waals surface area contributed by atoms with Gasteiger partial charge in [-0.15, -0.1) is 0 Å². The van der Waals surface area contributed by atoms with Gasteiger partial charge in [0.1, 0.15) is 18.5 Å². The van der Waals surface area contributed by atoms with Gasteiger partial charge >= 0.3 is 5.97 Å². The van der Waals surface area contributed by atoms with Crippen molar-refractivity contribution >= 4 is 68.0 Å². The number of ether oxygens (including phenoxy) is 1. The molecule has 0 saturated carbocycles.